The first-order valence-electron chi connectivity index (χ1n) is 24.4. The van der Waals surface area contributed by atoms with Crippen LogP contribution in [0.5, 0.6) is 0 Å². The molecule has 0 spiro atoms. The van der Waals surface area contributed by atoms with E-state index in [2.05, 4.69) is 47.6 Å². The number of ether oxygens (including phenoxy) is 6. The van der Waals surface area contributed by atoms with Crippen molar-refractivity contribution in [2.75, 3.05) is 19.8 Å². The van der Waals surface area contributed by atoms with Crippen LogP contribution >= 0.6 is 0 Å². The van der Waals surface area contributed by atoms with E-state index in [9.17, 15) is 66.1 Å². The molecule has 7 fully saturated rings. The molecule has 0 aromatic carbocycles. The van der Waals surface area contributed by atoms with Gasteiger partial charge >= 0.3 is 0 Å². The number of aliphatic hydroxyl groups excluding tert-OH is 12. The number of aldehydes is 1. The van der Waals surface area contributed by atoms with E-state index in [4.69, 9.17) is 28.4 Å². The zero-order chi connectivity index (χ0) is 49.1. The number of carbonyl (C=O) groups excluding carboxylic acids is 1. The summed E-state index contributed by atoms with van der Waals surface area (Å²) in [5.74, 6) is -0.714. The molecule has 0 aromatic heterocycles. The van der Waals surface area contributed by atoms with Gasteiger partial charge in [0.05, 0.1) is 43.5 Å². The first-order chi connectivity index (χ1) is 31.3. The molecule has 26 unspecified atom stereocenters. The van der Waals surface area contributed by atoms with Gasteiger partial charge in [-0.1, -0.05) is 60.1 Å². The van der Waals surface area contributed by atoms with Crippen molar-refractivity contribution in [2.45, 2.75) is 210 Å². The molecule has 0 bridgehead atoms. The molecule has 384 valence electrons. The minimum atomic E-state index is -1.87. The van der Waals surface area contributed by atoms with Crippen molar-refractivity contribution in [1.29, 1.82) is 0 Å². The molecule has 0 radical (unpaired) electrons. The Kier molecular flexibility index (Phi) is 14.2. The Labute approximate surface area is 392 Å². The fourth-order valence-corrected chi connectivity index (χ4v) is 15.1. The lowest BCUT2D eigenvalue weighted by atomic mass is 9.33. The Hall–Kier alpha value is -1.31. The van der Waals surface area contributed by atoms with Gasteiger partial charge in [0, 0.05) is 11.3 Å². The third-order valence-corrected chi connectivity index (χ3v) is 19.3. The van der Waals surface area contributed by atoms with E-state index in [-0.39, 0.29) is 23.7 Å². The van der Waals surface area contributed by atoms with Crippen molar-refractivity contribution in [2.24, 2.45) is 50.2 Å². The van der Waals surface area contributed by atoms with E-state index in [0.29, 0.717) is 25.7 Å². The maximum atomic E-state index is 13.8. The van der Waals surface area contributed by atoms with Crippen LogP contribution in [0.25, 0.3) is 0 Å². The van der Waals surface area contributed by atoms with Gasteiger partial charge < -0.3 is 94.5 Å². The second-order valence-electron chi connectivity index (χ2n) is 23.6. The predicted octanol–water partition coefficient (Wildman–Crippen LogP) is -1.24. The molecular weight excluding hydrogens is 881 g/mol. The average Bonchev–Trinajstić information content (AvgIpc) is 3.27. The second-order valence-corrected chi connectivity index (χ2v) is 23.6. The zero-order valence-corrected chi connectivity index (χ0v) is 39.8. The molecular formula is C48H78O19. The van der Waals surface area contributed by atoms with Crippen molar-refractivity contribution < 1.29 is 94.5 Å². The molecule has 12 N–H and O–H groups in total. The Morgan fingerprint density at radius 1 is 0.597 bits per heavy atom. The monoisotopic (exact) mass is 959 g/mol. The van der Waals surface area contributed by atoms with Crippen LogP contribution in [0.4, 0.5) is 0 Å². The molecule has 3 aliphatic heterocycles. The van der Waals surface area contributed by atoms with Crippen LogP contribution in [0, 0.1) is 50.2 Å². The van der Waals surface area contributed by atoms with Crippen LogP contribution in [0.2, 0.25) is 0 Å². The number of hydrogen-bond acceptors (Lipinski definition) is 19. The molecule has 19 heteroatoms. The highest BCUT2D eigenvalue weighted by Gasteiger charge is 2.73. The maximum absolute atomic E-state index is 13.8. The Morgan fingerprint density at radius 2 is 1.12 bits per heavy atom. The number of aliphatic hydroxyl groups is 12. The van der Waals surface area contributed by atoms with E-state index < -0.39 is 163 Å². The molecule has 3 heterocycles. The number of allylic oxidation sites excluding steroid dienone is 2. The highest BCUT2D eigenvalue weighted by molar-refractivity contribution is 5.62. The first kappa shape index (κ1) is 52.0. The molecule has 5 aliphatic carbocycles. The van der Waals surface area contributed by atoms with Gasteiger partial charge in [0.15, 0.2) is 18.9 Å². The summed E-state index contributed by atoms with van der Waals surface area (Å²) in [6.45, 7) is 13.0. The summed E-state index contributed by atoms with van der Waals surface area (Å²) in [5, 5.41) is 129. The summed E-state index contributed by atoms with van der Waals surface area (Å²) in [6, 6.07) is 0. The molecule has 8 aliphatic rings. The lowest BCUT2D eigenvalue weighted by molar-refractivity contribution is -0.378. The van der Waals surface area contributed by atoms with Gasteiger partial charge in [0.25, 0.3) is 0 Å². The van der Waals surface area contributed by atoms with Gasteiger partial charge in [0.2, 0.25) is 0 Å². The maximum Gasteiger partial charge on any atom is 0.187 e. The summed E-state index contributed by atoms with van der Waals surface area (Å²) >= 11 is 0. The third kappa shape index (κ3) is 8.05. The largest absolute Gasteiger partial charge is 0.394 e. The summed E-state index contributed by atoms with van der Waals surface area (Å²) < 4.78 is 36.9. The molecule has 8 rings (SSSR count). The number of rotatable bonds is 10. The van der Waals surface area contributed by atoms with Crippen molar-refractivity contribution in [1.82, 2.24) is 0 Å². The highest BCUT2D eigenvalue weighted by atomic mass is 16.8. The van der Waals surface area contributed by atoms with Crippen LogP contribution in [0.1, 0.15) is 99.8 Å². The van der Waals surface area contributed by atoms with E-state index in [1.54, 1.807) is 6.92 Å². The second kappa shape index (κ2) is 18.3. The molecule has 0 aromatic rings. The molecule has 0 amide bonds. The van der Waals surface area contributed by atoms with E-state index >= 15 is 0 Å². The fraction of sp³-hybridized carbons (Fsp3) is 0.938. The molecule has 4 saturated carbocycles. The minimum absolute atomic E-state index is 0.00568. The summed E-state index contributed by atoms with van der Waals surface area (Å²) in [7, 11) is 0. The molecule has 67 heavy (non-hydrogen) atoms. The third-order valence-electron chi connectivity index (χ3n) is 19.3. The standard InChI is InChI=1S/C48H78O19/c1-43(2)12-13-44(3)22(14-43)21-8-9-27-45(4)11-10-28(65-42-38(35(59)32(56)26(19-51)64-42)67-41-37(61)34(58)31(55)25(18-50)63-41)46(5,20-52)39(45)23(53)15-48(27,7)47(21,6)16-29(44)66-40-36(60)33(57)30(54)24(17-49)62-40/h8,20,22-42,49-51,53-61H,9-19H2,1-7H3. The van der Waals surface area contributed by atoms with Crippen molar-refractivity contribution in [3.05, 3.63) is 11.6 Å². The van der Waals surface area contributed by atoms with E-state index in [1.807, 2.05) is 0 Å². The highest BCUT2D eigenvalue weighted by Crippen LogP contribution is 2.76. The van der Waals surface area contributed by atoms with Crippen LogP contribution in [0.3, 0.4) is 0 Å². The smallest absolute Gasteiger partial charge is 0.187 e. The number of fused-ring (bicyclic) bond motifs is 7. The molecule has 19 nitrogen and oxygen atoms in total. The quantitative estimate of drug-likeness (QED) is 0.0693. The van der Waals surface area contributed by atoms with Crippen LogP contribution in [-0.4, -0.2) is 198 Å². The minimum Gasteiger partial charge on any atom is -0.394 e. The van der Waals surface area contributed by atoms with Gasteiger partial charge in [-0.25, -0.2) is 0 Å². The van der Waals surface area contributed by atoms with Gasteiger partial charge in [-0.3, -0.25) is 0 Å². The summed E-state index contributed by atoms with van der Waals surface area (Å²) in [4.78, 5) is 13.8. The van der Waals surface area contributed by atoms with Gasteiger partial charge in [-0.15, -0.1) is 0 Å². The van der Waals surface area contributed by atoms with Gasteiger partial charge in [-0.2, -0.15) is 0 Å². The normalized spacial score (nSPS) is 56.4. The average molecular weight is 959 g/mol. The lowest BCUT2D eigenvalue weighted by Gasteiger charge is -2.72. The topological polar surface area (TPSA) is 315 Å². The van der Waals surface area contributed by atoms with Gasteiger partial charge in [-0.05, 0) is 84.9 Å². The molecule has 3 saturated heterocycles. The Morgan fingerprint density at radius 3 is 1.67 bits per heavy atom. The van der Waals surface area contributed by atoms with Crippen LogP contribution in [-0.2, 0) is 33.2 Å². The summed E-state index contributed by atoms with van der Waals surface area (Å²) in [6.07, 6.45) is -18.4. The number of hydrogen-bond donors (Lipinski definition) is 12. The van der Waals surface area contributed by atoms with Crippen molar-refractivity contribution >= 4 is 6.29 Å². The van der Waals surface area contributed by atoms with E-state index in [0.717, 1.165) is 25.5 Å². The van der Waals surface area contributed by atoms with Gasteiger partial charge in [0.1, 0.15) is 79.5 Å². The van der Waals surface area contributed by atoms with Crippen LogP contribution in [0.15, 0.2) is 11.6 Å². The predicted molar refractivity (Wildman–Crippen MR) is 232 cm³/mol. The molecule has 26 atom stereocenters. The summed E-state index contributed by atoms with van der Waals surface area (Å²) in [5.41, 5.74) is -2.35. The van der Waals surface area contributed by atoms with Crippen LogP contribution < -0.4 is 0 Å². The number of carbonyl (C=O) groups is 1. The first-order valence-corrected chi connectivity index (χ1v) is 24.4. The SMILES string of the molecule is CC1(C)CCC2(C)C(OC3OC(CO)C(O)C(O)C3O)CC3(C)C(=CCC4C5(C)CCC(OC6OC(CO)C(O)C(O)C6OC6OC(CO)C(O)C(O)C6O)C(C)(C=O)C5C(O)CC43C)C2C1. The Balaban J connectivity index is 1.11. The van der Waals surface area contributed by atoms with E-state index in [1.165, 1.54) is 5.57 Å². The Bertz CT molecular complexity index is 1820. The van der Waals surface area contributed by atoms with Crippen molar-refractivity contribution in [3.63, 3.8) is 0 Å². The fourth-order valence-electron chi connectivity index (χ4n) is 15.1. The zero-order valence-electron chi connectivity index (χ0n) is 39.8. The van der Waals surface area contributed by atoms with Crippen molar-refractivity contribution in [3.8, 4) is 0 Å². The lowest BCUT2D eigenvalue weighted by Crippen LogP contribution is -2.71.